The lowest BCUT2D eigenvalue weighted by Gasteiger charge is -2.42. The number of pyridine rings is 1. The molecule has 0 radical (unpaired) electrons. The number of hydrogen-bond acceptors (Lipinski definition) is 3. The molecule has 2 aliphatic rings. The van der Waals surface area contributed by atoms with Crippen LogP contribution in [0.15, 0.2) is 43.0 Å². The van der Waals surface area contributed by atoms with Crippen LogP contribution in [0.25, 0.3) is 5.52 Å². The van der Waals surface area contributed by atoms with Crippen LogP contribution in [0.1, 0.15) is 36.8 Å². The lowest BCUT2D eigenvalue weighted by Crippen LogP contribution is -2.42. The molecule has 1 fully saturated rings. The molecule has 0 bridgehead atoms. The van der Waals surface area contributed by atoms with Crippen molar-refractivity contribution in [2.75, 3.05) is 18.0 Å². The summed E-state index contributed by atoms with van der Waals surface area (Å²) in [5.41, 5.74) is 4.63. The van der Waals surface area contributed by atoms with Crippen molar-refractivity contribution >= 4 is 34.1 Å². The highest BCUT2D eigenvalue weighted by atomic mass is 127. The smallest absolute Gasteiger partial charge is 0.210 e. The van der Waals surface area contributed by atoms with Gasteiger partial charge in [0, 0.05) is 37.9 Å². The predicted molar refractivity (Wildman–Crippen MR) is 108 cm³/mol. The number of halogens is 1. The summed E-state index contributed by atoms with van der Waals surface area (Å²) in [6.45, 7) is 4.55. The van der Waals surface area contributed by atoms with Crippen molar-refractivity contribution in [2.45, 2.75) is 32.1 Å². The Morgan fingerprint density at radius 2 is 2.04 bits per heavy atom. The van der Waals surface area contributed by atoms with E-state index in [-0.39, 0.29) is 0 Å². The lowest BCUT2D eigenvalue weighted by molar-refractivity contribution is 0.193. The maximum absolute atomic E-state index is 4.75. The first-order valence-corrected chi connectivity index (χ1v) is 10.1. The molecule has 0 saturated carbocycles. The minimum absolute atomic E-state index is 0.404. The Kier molecular flexibility index (Phi) is 3.55. The predicted octanol–water partition coefficient (Wildman–Crippen LogP) is 4.28. The normalized spacial score (nSPS) is 21.8. The Balaban J connectivity index is 1.42. The molecule has 0 amide bonds. The summed E-state index contributed by atoms with van der Waals surface area (Å²) >= 11 is 2.36. The summed E-state index contributed by atoms with van der Waals surface area (Å²) in [5, 5.41) is 0. The Hall–Kier alpha value is -1.63. The topological polar surface area (TPSA) is 33.4 Å². The van der Waals surface area contributed by atoms with Crippen LogP contribution < -0.4 is 4.90 Å². The molecule has 1 atom stereocenters. The van der Waals surface area contributed by atoms with E-state index in [0.717, 1.165) is 19.0 Å². The second-order valence-corrected chi connectivity index (χ2v) is 8.65. The SMILES string of the molecule is C[C@@H]1c2cnccc2CC12CCN(c1ncc(I)c3cccn13)CC2. The van der Waals surface area contributed by atoms with Crippen molar-refractivity contribution in [1.29, 1.82) is 0 Å². The van der Waals surface area contributed by atoms with E-state index in [1.807, 2.05) is 12.4 Å². The van der Waals surface area contributed by atoms with Crippen LogP contribution in [-0.4, -0.2) is 27.5 Å². The van der Waals surface area contributed by atoms with E-state index in [2.05, 4.69) is 74.4 Å². The first-order chi connectivity index (χ1) is 12.2. The number of fused-ring (bicyclic) bond motifs is 2. The molecule has 0 aromatic carbocycles. The third-order valence-electron chi connectivity index (χ3n) is 6.42. The highest BCUT2D eigenvalue weighted by Crippen LogP contribution is 2.52. The summed E-state index contributed by atoms with van der Waals surface area (Å²) in [6, 6.07) is 6.49. The zero-order valence-corrected chi connectivity index (χ0v) is 16.5. The minimum Gasteiger partial charge on any atom is -0.342 e. The third-order valence-corrected chi connectivity index (χ3v) is 7.25. The number of hydrogen-bond donors (Lipinski definition) is 0. The van der Waals surface area contributed by atoms with Gasteiger partial charge in [-0.05, 0) is 82.5 Å². The highest BCUT2D eigenvalue weighted by Gasteiger charge is 2.45. The number of nitrogens with zero attached hydrogens (tertiary/aromatic N) is 4. The fraction of sp³-hybridized carbons (Fsp3) is 0.400. The van der Waals surface area contributed by atoms with Gasteiger partial charge in [0.1, 0.15) is 0 Å². The summed E-state index contributed by atoms with van der Waals surface area (Å²) < 4.78 is 3.43. The van der Waals surface area contributed by atoms with E-state index in [9.17, 15) is 0 Å². The summed E-state index contributed by atoms with van der Waals surface area (Å²) in [7, 11) is 0. The zero-order chi connectivity index (χ0) is 17.0. The minimum atomic E-state index is 0.404. The van der Waals surface area contributed by atoms with E-state index in [4.69, 9.17) is 4.98 Å². The molecule has 3 aromatic heterocycles. The van der Waals surface area contributed by atoms with Gasteiger partial charge in [0.25, 0.3) is 0 Å². The number of aromatic nitrogens is 3. The van der Waals surface area contributed by atoms with E-state index in [1.54, 1.807) is 0 Å². The van der Waals surface area contributed by atoms with Crippen LogP contribution in [0, 0.1) is 8.99 Å². The van der Waals surface area contributed by atoms with E-state index in [0.29, 0.717) is 11.3 Å². The zero-order valence-electron chi connectivity index (χ0n) is 14.3. The monoisotopic (exact) mass is 444 g/mol. The number of piperidine rings is 1. The molecule has 5 rings (SSSR count). The van der Waals surface area contributed by atoms with Crippen molar-refractivity contribution < 1.29 is 0 Å². The molecule has 0 N–H and O–H groups in total. The van der Waals surface area contributed by atoms with Crippen LogP contribution in [0.3, 0.4) is 0 Å². The molecular weight excluding hydrogens is 423 g/mol. The summed E-state index contributed by atoms with van der Waals surface area (Å²) in [4.78, 5) is 11.6. The number of rotatable bonds is 1. The van der Waals surface area contributed by atoms with E-state index in [1.165, 1.54) is 39.5 Å². The molecular formula is C20H21IN4. The van der Waals surface area contributed by atoms with Gasteiger partial charge in [-0.15, -0.1) is 0 Å². The molecule has 4 nitrogen and oxygen atoms in total. The van der Waals surface area contributed by atoms with Crippen LogP contribution >= 0.6 is 22.6 Å². The van der Waals surface area contributed by atoms with Gasteiger partial charge in [-0.3, -0.25) is 9.38 Å². The Morgan fingerprint density at radius 3 is 2.84 bits per heavy atom. The first-order valence-electron chi connectivity index (χ1n) is 8.97. The molecule has 1 saturated heterocycles. The van der Waals surface area contributed by atoms with Crippen LogP contribution in [0.2, 0.25) is 0 Å². The fourth-order valence-electron chi connectivity index (χ4n) is 4.84. The van der Waals surface area contributed by atoms with Gasteiger partial charge in [0.2, 0.25) is 5.95 Å². The maximum Gasteiger partial charge on any atom is 0.210 e. The highest BCUT2D eigenvalue weighted by molar-refractivity contribution is 14.1. The fourth-order valence-corrected chi connectivity index (χ4v) is 5.42. The average Bonchev–Trinajstić information content (AvgIpc) is 3.22. The molecule has 128 valence electrons. The molecule has 0 unspecified atom stereocenters. The Labute approximate surface area is 161 Å². The lowest BCUT2D eigenvalue weighted by atomic mass is 9.70. The average molecular weight is 444 g/mol. The van der Waals surface area contributed by atoms with Gasteiger partial charge in [-0.1, -0.05) is 6.92 Å². The van der Waals surface area contributed by atoms with Crippen LogP contribution in [-0.2, 0) is 6.42 Å². The molecule has 1 spiro atoms. The molecule has 25 heavy (non-hydrogen) atoms. The second-order valence-electron chi connectivity index (χ2n) is 7.49. The largest absolute Gasteiger partial charge is 0.342 e. The van der Waals surface area contributed by atoms with Gasteiger partial charge >= 0.3 is 0 Å². The maximum atomic E-state index is 4.75. The van der Waals surface area contributed by atoms with Crippen molar-refractivity contribution in [3.8, 4) is 0 Å². The standard InChI is InChI=1S/C20H21IN4/c1-14-16-12-22-7-4-15(16)11-20(14)5-9-24(10-6-20)19-23-13-17(21)18-3-2-8-25(18)19/h2-4,7-8,12-14H,5-6,9-11H2,1H3/t14-/m1/s1. The van der Waals surface area contributed by atoms with Crippen molar-refractivity contribution in [3.63, 3.8) is 0 Å². The quantitative estimate of drug-likeness (QED) is 0.526. The molecule has 5 heteroatoms. The first kappa shape index (κ1) is 15.6. The van der Waals surface area contributed by atoms with Gasteiger partial charge in [0.15, 0.2) is 0 Å². The van der Waals surface area contributed by atoms with Gasteiger partial charge < -0.3 is 4.90 Å². The van der Waals surface area contributed by atoms with Crippen molar-refractivity contribution in [2.24, 2.45) is 5.41 Å². The van der Waals surface area contributed by atoms with Gasteiger partial charge in [0.05, 0.1) is 9.09 Å². The third kappa shape index (κ3) is 2.31. The van der Waals surface area contributed by atoms with Gasteiger partial charge in [-0.25, -0.2) is 4.98 Å². The second kappa shape index (κ2) is 5.69. The Bertz CT molecular complexity index is 940. The molecule has 3 aromatic rings. The van der Waals surface area contributed by atoms with Crippen molar-refractivity contribution in [1.82, 2.24) is 14.4 Å². The van der Waals surface area contributed by atoms with Crippen LogP contribution in [0.5, 0.6) is 0 Å². The number of anilines is 1. The molecule has 1 aliphatic heterocycles. The molecule has 4 heterocycles. The molecule has 1 aliphatic carbocycles. The van der Waals surface area contributed by atoms with E-state index < -0.39 is 0 Å². The summed E-state index contributed by atoms with van der Waals surface area (Å²) in [5.74, 6) is 1.69. The van der Waals surface area contributed by atoms with Gasteiger partial charge in [-0.2, -0.15) is 0 Å². The summed E-state index contributed by atoms with van der Waals surface area (Å²) in [6.07, 6.45) is 11.8. The van der Waals surface area contributed by atoms with E-state index >= 15 is 0 Å². The van der Waals surface area contributed by atoms with Crippen LogP contribution in [0.4, 0.5) is 5.95 Å². The van der Waals surface area contributed by atoms with Crippen molar-refractivity contribution in [3.05, 3.63) is 57.7 Å². The Morgan fingerprint density at radius 1 is 1.20 bits per heavy atom.